The first-order valence-corrected chi connectivity index (χ1v) is 7.63. The molecule has 0 aromatic heterocycles. The molecule has 1 fully saturated rings. The largest absolute Gasteiger partial charge is 0.316 e. The maximum absolute atomic E-state index is 4.22. The number of benzene rings is 1. The molecule has 0 radical (unpaired) electrons. The second kappa shape index (κ2) is 6.91. The van der Waals surface area contributed by atoms with Gasteiger partial charge in [-0.05, 0) is 50.1 Å². The summed E-state index contributed by atoms with van der Waals surface area (Å²) in [6.07, 6.45) is 4.91. The van der Waals surface area contributed by atoms with Gasteiger partial charge in [0.2, 0.25) is 0 Å². The van der Waals surface area contributed by atoms with Gasteiger partial charge in [0.1, 0.15) is 0 Å². The monoisotopic (exact) mass is 257 g/mol. The highest BCUT2D eigenvalue weighted by molar-refractivity contribution is 5.25. The summed E-state index contributed by atoms with van der Waals surface area (Å²) in [5.74, 6) is 1.44. The molecule has 1 nitrogen and oxygen atoms in total. The van der Waals surface area contributed by atoms with Gasteiger partial charge >= 0.3 is 0 Å². The summed E-state index contributed by atoms with van der Waals surface area (Å²) in [4.78, 5) is 0. The van der Waals surface area contributed by atoms with Crippen LogP contribution in [0.5, 0.6) is 0 Å². The van der Waals surface area contributed by atoms with E-state index in [1.54, 1.807) is 0 Å². The summed E-state index contributed by atoms with van der Waals surface area (Å²) in [5, 5.41) is 3.60. The normalized spacial score (nSPS) is 23.3. The van der Waals surface area contributed by atoms with Crippen LogP contribution in [0.25, 0.3) is 0 Å². The van der Waals surface area contributed by atoms with Crippen LogP contribution in [0, 0.1) is 12.8 Å². The van der Waals surface area contributed by atoms with Crippen LogP contribution in [0.1, 0.15) is 49.7 Å². The van der Waals surface area contributed by atoms with Crippen LogP contribution in [-0.2, 0) is 0 Å². The lowest BCUT2D eigenvalue weighted by atomic mass is 9.82. The van der Waals surface area contributed by atoms with E-state index in [9.17, 15) is 0 Å². The topological polar surface area (TPSA) is 12.0 Å². The molecule has 0 spiro atoms. The van der Waals surface area contributed by atoms with Gasteiger partial charge in [-0.2, -0.15) is 0 Å². The highest BCUT2D eigenvalue weighted by atomic mass is 14.9. The highest BCUT2D eigenvalue weighted by Gasteiger charge is 2.23. The van der Waals surface area contributed by atoms with E-state index in [2.05, 4.69) is 50.0 Å². The van der Waals surface area contributed by atoms with Crippen molar-refractivity contribution in [3.63, 3.8) is 0 Å². The fourth-order valence-electron chi connectivity index (χ4n) is 3.14. The first-order chi connectivity index (χ1) is 9.19. The van der Waals surface area contributed by atoms with Crippen molar-refractivity contribution in [3.8, 4) is 0 Å². The number of nitrogens with one attached hydrogen (secondary N) is 1. The van der Waals surface area contributed by atoms with Gasteiger partial charge in [-0.15, -0.1) is 0 Å². The van der Waals surface area contributed by atoms with E-state index in [1.165, 1.54) is 42.4 Å². The summed E-state index contributed by atoms with van der Waals surface area (Å²) in [6, 6.07) is 9.06. The van der Waals surface area contributed by atoms with Crippen LogP contribution in [0.4, 0.5) is 0 Å². The number of rotatable bonds is 5. The van der Waals surface area contributed by atoms with Crippen molar-refractivity contribution < 1.29 is 0 Å². The van der Waals surface area contributed by atoms with Gasteiger partial charge < -0.3 is 5.32 Å². The van der Waals surface area contributed by atoms with Gasteiger partial charge in [-0.3, -0.25) is 0 Å². The van der Waals surface area contributed by atoms with Crippen molar-refractivity contribution in [2.24, 2.45) is 5.92 Å². The molecule has 19 heavy (non-hydrogen) atoms. The van der Waals surface area contributed by atoms with Gasteiger partial charge in [0, 0.05) is 6.54 Å². The predicted octanol–water partition coefficient (Wildman–Crippen LogP) is 4.43. The van der Waals surface area contributed by atoms with Crippen molar-refractivity contribution in [3.05, 3.63) is 47.5 Å². The van der Waals surface area contributed by atoms with Gasteiger partial charge in [-0.1, -0.05) is 55.3 Å². The van der Waals surface area contributed by atoms with E-state index in [0.717, 1.165) is 19.0 Å². The van der Waals surface area contributed by atoms with E-state index in [0.29, 0.717) is 5.92 Å². The molecule has 0 bridgehead atoms. The minimum absolute atomic E-state index is 0.675. The van der Waals surface area contributed by atoms with Crippen molar-refractivity contribution in [2.75, 3.05) is 13.1 Å². The Kier molecular flexibility index (Phi) is 5.21. The van der Waals surface area contributed by atoms with Crippen molar-refractivity contribution in [1.82, 2.24) is 5.32 Å². The third-order valence-corrected chi connectivity index (χ3v) is 4.17. The number of aryl methyl sites for hydroxylation is 1. The molecule has 1 saturated heterocycles. The lowest BCUT2D eigenvalue weighted by Crippen LogP contribution is -2.35. The Morgan fingerprint density at radius 3 is 2.68 bits per heavy atom. The van der Waals surface area contributed by atoms with Crippen LogP contribution in [0.3, 0.4) is 0 Å². The fourth-order valence-corrected chi connectivity index (χ4v) is 3.14. The number of hydrogen-bond donors (Lipinski definition) is 1. The van der Waals surface area contributed by atoms with Crippen molar-refractivity contribution in [1.29, 1.82) is 0 Å². The molecule has 1 N–H and O–H groups in total. The Morgan fingerprint density at radius 2 is 2.00 bits per heavy atom. The number of allylic oxidation sites excluding steroid dienone is 1. The molecule has 1 aliphatic rings. The van der Waals surface area contributed by atoms with Crippen molar-refractivity contribution in [2.45, 2.75) is 45.4 Å². The first-order valence-electron chi connectivity index (χ1n) is 7.63. The summed E-state index contributed by atoms with van der Waals surface area (Å²) in [7, 11) is 0. The smallest absolute Gasteiger partial charge is 0.00203 e. The Balaban J connectivity index is 1.93. The molecule has 1 aromatic rings. The van der Waals surface area contributed by atoms with E-state index >= 15 is 0 Å². The predicted molar refractivity (Wildman–Crippen MR) is 83.6 cm³/mol. The van der Waals surface area contributed by atoms with Gasteiger partial charge in [0.15, 0.2) is 0 Å². The van der Waals surface area contributed by atoms with Crippen LogP contribution in [0.2, 0.25) is 0 Å². The molecule has 2 atom stereocenters. The summed E-state index contributed by atoms with van der Waals surface area (Å²) in [6.45, 7) is 10.9. The molecular weight excluding hydrogens is 230 g/mol. The minimum Gasteiger partial charge on any atom is -0.316 e. The second-order valence-corrected chi connectivity index (χ2v) is 6.07. The lowest BCUT2D eigenvalue weighted by Gasteiger charge is -2.31. The van der Waals surface area contributed by atoms with Crippen LogP contribution < -0.4 is 5.32 Å². The Bertz CT molecular complexity index is 404. The van der Waals surface area contributed by atoms with Gasteiger partial charge in [-0.25, -0.2) is 0 Å². The molecule has 1 heterocycles. The standard InChI is InChI=1S/C18H27N/c1-4-5-15(3)10-16-11-18(13-19-12-16)17-8-6-14(2)7-9-17/h6-9,16,18-19H,3-5,10-13H2,1-2H3. The lowest BCUT2D eigenvalue weighted by molar-refractivity contribution is 0.337. The molecule has 2 rings (SSSR count). The van der Waals surface area contributed by atoms with Crippen LogP contribution in [-0.4, -0.2) is 13.1 Å². The third kappa shape index (κ3) is 4.21. The zero-order chi connectivity index (χ0) is 13.7. The zero-order valence-electron chi connectivity index (χ0n) is 12.4. The zero-order valence-corrected chi connectivity index (χ0v) is 12.4. The number of piperidine rings is 1. The molecule has 0 amide bonds. The Hall–Kier alpha value is -1.08. The average Bonchev–Trinajstić information content (AvgIpc) is 2.40. The van der Waals surface area contributed by atoms with E-state index < -0.39 is 0 Å². The Labute approximate surface area is 118 Å². The van der Waals surface area contributed by atoms with Gasteiger partial charge in [0.25, 0.3) is 0 Å². The quantitative estimate of drug-likeness (QED) is 0.769. The first kappa shape index (κ1) is 14.3. The summed E-state index contributed by atoms with van der Waals surface area (Å²) in [5.41, 5.74) is 4.27. The highest BCUT2D eigenvalue weighted by Crippen LogP contribution is 2.30. The van der Waals surface area contributed by atoms with E-state index in [4.69, 9.17) is 0 Å². The maximum Gasteiger partial charge on any atom is 0.00203 e. The van der Waals surface area contributed by atoms with E-state index in [-0.39, 0.29) is 0 Å². The molecule has 1 heteroatoms. The number of hydrogen-bond acceptors (Lipinski definition) is 1. The summed E-state index contributed by atoms with van der Waals surface area (Å²) >= 11 is 0. The van der Waals surface area contributed by atoms with Crippen LogP contribution >= 0.6 is 0 Å². The molecule has 104 valence electrons. The maximum atomic E-state index is 4.22. The minimum atomic E-state index is 0.675. The Morgan fingerprint density at radius 1 is 1.26 bits per heavy atom. The van der Waals surface area contributed by atoms with Crippen molar-refractivity contribution >= 4 is 0 Å². The third-order valence-electron chi connectivity index (χ3n) is 4.17. The summed E-state index contributed by atoms with van der Waals surface area (Å²) < 4.78 is 0. The molecule has 0 aliphatic carbocycles. The van der Waals surface area contributed by atoms with Gasteiger partial charge in [0.05, 0.1) is 0 Å². The molecular formula is C18H27N. The molecule has 2 unspecified atom stereocenters. The van der Waals surface area contributed by atoms with E-state index in [1.807, 2.05) is 0 Å². The SMILES string of the molecule is C=C(CCC)CC1CNCC(c2ccc(C)cc2)C1. The molecule has 1 aliphatic heterocycles. The average molecular weight is 257 g/mol. The molecule has 0 saturated carbocycles. The fraction of sp³-hybridized carbons (Fsp3) is 0.556. The second-order valence-electron chi connectivity index (χ2n) is 6.07. The molecule has 1 aromatic carbocycles. The van der Waals surface area contributed by atoms with Crippen LogP contribution in [0.15, 0.2) is 36.4 Å².